The van der Waals surface area contributed by atoms with Gasteiger partial charge >= 0.3 is 5.69 Å². The van der Waals surface area contributed by atoms with E-state index in [1.54, 1.807) is 30.3 Å². The topological polar surface area (TPSA) is 80.0 Å². The fourth-order valence-electron chi connectivity index (χ4n) is 2.35. The molecule has 0 saturated carbocycles. The normalized spacial score (nSPS) is 10.9. The van der Waals surface area contributed by atoms with Crippen molar-refractivity contribution in [1.29, 1.82) is 0 Å². The molecule has 2 aromatic heterocycles. The van der Waals surface area contributed by atoms with Crippen LogP contribution in [0.4, 0.5) is 5.82 Å². The average molecular weight is 317 g/mol. The first-order valence-electron chi connectivity index (χ1n) is 6.71. The van der Waals surface area contributed by atoms with Crippen LogP contribution in [0.25, 0.3) is 22.3 Å². The van der Waals surface area contributed by atoms with E-state index in [-0.39, 0.29) is 5.82 Å². The Morgan fingerprint density at radius 1 is 1.27 bits per heavy atom. The Hall–Kier alpha value is -2.44. The number of nitrogens with zero attached hydrogens (tertiary/aromatic N) is 3. The first-order chi connectivity index (χ1) is 10.6. The van der Waals surface area contributed by atoms with Gasteiger partial charge in [0.2, 0.25) is 0 Å². The van der Waals surface area contributed by atoms with Gasteiger partial charge in [0.1, 0.15) is 5.65 Å². The van der Waals surface area contributed by atoms with Gasteiger partial charge in [-0.15, -0.1) is 0 Å². The van der Waals surface area contributed by atoms with E-state index in [0.717, 1.165) is 5.56 Å². The molecule has 3 aromatic rings. The van der Waals surface area contributed by atoms with Crippen molar-refractivity contribution >= 4 is 28.5 Å². The predicted octanol–water partition coefficient (Wildman–Crippen LogP) is 2.93. The van der Waals surface area contributed by atoms with Gasteiger partial charge in [-0.2, -0.15) is 4.98 Å². The van der Waals surface area contributed by atoms with Crippen LogP contribution in [0, 0.1) is 0 Å². The molecular weight excluding hydrogens is 304 g/mol. The lowest BCUT2D eigenvalue weighted by Gasteiger charge is -2.11. The van der Waals surface area contributed by atoms with E-state index < -0.39 is 5.69 Å². The Balaban J connectivity index is 2.39. The number of aryl methyl sites for hydroxylation is 1. The molecule has 0 aliphatic heterocycles. The second-order valence-electron chi connectivity index (χ2n) is 4.68. The highest BCUT2D eigenvalue weighted by atomic mass is 35.5. The highest BCUT2D eigenvalue weighted by Gasteiger charge is 2.13. The molecule has 1 aromatic carbocycles. The standard InChI is InChI=1S/C15H13ClN4O2/c1-2-20-14-11(6-7-12(17-14)19-22)13(18-15(20)21)9-4-3-5-10(16)8-9/h3-8,22H,2H2,1H3,(H,17,19). The molecule has 0 aliphatic rings. The Morgan fingerprint density at radius 2 is 2.09 bits per heavy atom. The Bertz CT molecular complexity index is 908. The number of benzene rings is 1. The molecule has 0 saturated heterocycles. The van der Waals surface area contributed by atoms with Crippen molar-refractivity contribution in [2.45, 2.75) is 13.5 Å². The lowest BCUT2D eigenvalue weighted by Crippen LogP contribution is -2.24. The van der Waals surface area contributed by atoms with E-state index >= 15 is 0 Å². The third-order valence-electron chi connectivity index (χ3n) is 3.35. The number of hydrogen-bond acceptors (Lipinski definition) is 5. The maximum atomic E-state index is 12.2. The predicted molar refractivity (Wildman–Crippen MR) is 85.3 cm³/mol. The number of nitrogens with one attached hydrogen (secondary N) is 1. The highest BCUT2D eigenvalue weighted by molar-refractivity contribution is 6.30. The van der Waals surface area contributed by atoms with E-state index in [1.165, 1.54) is 4.57 Å². The molecule has 112 valence electrons. The number of anilines is 1. The van der Waals surface area contributed by atoms with Crippen molar-refractivity contribution < 1.29 is 5.21 Å². The maximum Gasteiger partial charge on any atom is 0.349 e. The van der Waals surface area contributed by atoms with Crippen molar-refractivity contribution in [2.75, 3.05) is 5.48 Å². The average Bonchev–Trinajstić information content (AvgIpc) is 2.53. The molecule has 0 fully saturated rings. The molecule has 0 atom stereocenters. The third kappa shape index (κ3) is 2.43. The van der Waals surface area contributed by atoms with Gasteiger partial charge in [-0.05, 0) is 31.2 Å². The Labute approximate surface area is 131 Å². The minimum atomic E-state index is -0.396. The number of pyridine rings is 1. The van der Waals surface area contributed by atoms with E-state index in [1.807, 2.05) is 18.5 Å². The second-order valence-corrected chi connectivity index (χ2v) is 5.11. The molecule has 0 radical (unpaired) electrons. The van der Waals surface area contributed by atoms with Crippen LogP contribution in [-0.4, -0.2) is 19.7 Å². The molecule has 0 aliphatic carbocycles. The molecule has 0 unspecified atom stereocenters. The molecule has 3 rings (SSSR count). The summed E-state index contributed by atoms with van der Waals surface area (Å²) in [6.45, 7) is 2.27. The Morgan fingerprint density at radius 3 is 2.77 bits per heavy atom. The number of fused-ring (bicyclic) bond motifs is 1. The highest BCUT2D eigenvalue weighted by Crippen LogP contribution is 2.27. The molecule has 0 spiro atoms. The number of hydrogen-bond donors (Lipinski definition) is 2. The monoisotopic (exact) mass is 316 g/mol. The molecule has 0 bridgehead atoms. The van der Waals surface area contributed by atoms with Crippen LogP contribution in [0.3, 0.4) is 0 Å². The number of halogens is 1. The lowest BCUT2D eigenvalue weighted by molar-refractivity contribution is 0.386. The molecule has 22 heavy (non-hydrogen) atoms. The fraction of sp³-hybridized carbons (Fsp3) is 0.133. The van der Waals surface area contributed by atoms with Gasteiger partial charge in [-0.25, -0.2) is 9.78 Å². The van der Waals surface area contributed by atoms with Crippen LogP contribution in [0.1, 0.15) is 6.92 Å². The Kier molecular flexibility index (Phi) is 3.79. The first-order valence-corrected chi connectivity index (χ1v) is 7.09. The quantitative estimate of drug-likeness (QED) is 0.726. The molecule has 7 heteroatoms. The summed E-state index contributed by atoms with van der Waals surface area (Å²) in [4.78, 5) is 20.7. The fourth-order valence-corrected chi connectivity index (χ4v) is 2.54. The van der Waals surface area contributed by atoms with Gasteiger partial charge < -0.3 is 0 Å². The van der Waals surface area contributed by atoms with E-state index in [0.29, 0.717) is 28.3 Å². The van der Waals surface area contributed by atoms with Crippen LogP contribution >= 0.6 is 11.6 Å². The zero-order chi connectivity index (χ0) is 15.7. The van der Waals surface area contributed by atoms with Gasteiger partial charge in [-0.3, -0.25) is 15.3 Å². The van der Waals surface area contributed by atoms with Crippen molar-refractivity contribution in [1.82, 2.24) is 14.5 Å². The minimum absolute atomic E-state index is 0.261. The lowest BCUT2D eigenvalue weighted by atomic mass is 10.1. The van der Waals surface area contributed by atoms with Crippen LogP contribution in [0.2, 0.25) is 5.02 Å². The minimum Gasteiger partial charge on any atom is -0.290 e. The van der Waals surface area contributed by atoms with E-state index in [4.69, 9.17) is 16.8 Å². The van der Waals surface area contributed by atoms with Crippen LogP contribution < -0.4 is 11.2 Å². The van der Waals surface area contributed by atoms with Crippen molar-refractivity contribution in [2.24, 2.45) is 0 Å². The summed E-state index contributed by atoms with van der Waals surface area (Å²) in [5.74, 6) is 0.261. The van der Waals surface area contributed by atoms with E-state index in [9.17, 15) is 4.79 Å². The largest absolute Gasteiger partial charge is 0.349 e. The summed E-state index contributed by atoms with van der Waals surface area (Å²) in [6, 6.07) is 10.5. The number of aromatic nitrogens is 3. The summed E-state index contributed by atoms with van der Waals surface area (Å²) in [5, 5.41) is 10.3. The van der Waals surface area contributed by atoms with Crippen LogP contribution in [0.15, 0.2) is 41.2 Å². The van der Waals surface area contributed by atoms with Gasteiger partial charge in [0, 0.05) is 22.5 Å². The van der Waals surface area contributed by atoms with Crippen LogP contribution in [-0.2, 0) is 6.54 Å². The molecule has 6 nitrogen and oxygen atoms in total. The molecule has 0 amide bonds. The maximum absolute atomic E-state index is 12.2. The van der Waals surface area contributed by atoms with Gasteiger partial charge in [0.25, 0.3) is 0 Å². The molecule has 2 heterocycles. The van der Waals surface area contributed by atoms with Crippen molar-refractivity contribution in [3.05, 3.63) is 51.9 Å². The van der Waals surface area contributed by atoms with Gasteiger partial charge in [0.05, 0.1) is 5.69 Å². The smallest absolute Gasteiger partial charge is 0.290 e. The summed E-state index contributed by atoms with van der Waals surface area (Å²) in [7, 11) is 0. The van der Waals surface area contributed by atoms with E-state index in [2.05, 4.69) is 9.97 Å². The summed E-state index contributed by atoms with van der Waals surface area (Å²) in [5.41, 5.74) is 3.31. The second kappa shape index (κ2) is 5.75. The summed E-state index contributed by atoms with van der Waals surface area (Å²) in [6.07, 6.45) is 0. The molecule has 2 N–H and O–H groups in total. The van der Waals surface area contributed by atoms with Crippen LogP contribution in [0.5, 0.6) is 0 Å². The van der Waals surface area contributed by atoms with Gasteiger partial charge in [-0.1, -0.05) is 23.7 Å². The first kappa shape index (κ1) is 14.5. The third-order valence-corrected chi connectivity index (χ3v) is 3.59. The zero-order valence-electron chi connectivity index (χ0n) is 11.7. The summed E-state index contributed by atoms with van der Waals surface area (Å²) >= 11 is 6.02. The zero-order valence-corrected chi connectivity index (χ0v) is 12.5. The van der Waals surface area contributed by atoms with Crippen molar-refractivity contribution in [3.8, 4) is 11.3 Å². The van der Waals surface area contributed by atoms with Crippen molar-refractivity contribution in [3.63, 3.8) is 0 Å². The summed E-state index contributed by atoms with van der Waals surface area (Å²) < 4.78 is 1.45. The molecular formula is C15H13ClN4O2. The SMILES string of the molecule is CCn1c(=O)nc(-c2cccc(Cl)c2)c2ccc(NO)nc21. The van der Waals surface area contributed by atoms with Gasteiger partial charge in [0.15, 0.2) is 5.82 Å². The number of rotatable bonds is 3.